The van der Waals surface area contributed by atoms with Gasteiger partial charge in [0.25, 0.3) is 0 Å². The van der Waals surface area contributed by atoms with Crippen molar-refractivity contribution >= 4 is 12.2 Å². The van der Waals surface area contributed by atoms with Gasteiger partial charge in [-0.3, -0.25) is 5.01 Å². The molecule has 2 aromatic carbocycles. The van der Waals surface area contributed by atoms with Crippen molar-refractivity contribution in [3.63, 3.8) is 0 Å². The van der Waals surface area contributed by atoms with Crippen LogP contribution in [0.1, 0.15) is 49.0 Å². The summed E-state index contributed by atoms with van der Waals surface area (Å²) in [6.07, 6.45) is 5.36. The van der Waals surface area contributed by atoms with Crippen molar-refractivity contribution in [2.75, 3.05) is 21.3 Å². The minimum atomic E-state index is -0.517. The third-order valence-corrected chi connectivity index (χ3v) is 5.50. The van der Waals surface area contributed by atoms with E-state index >= 15 is 0 Å². The van der Waals surface area contributed by atoms with Crippen LogP contribution in [0.3, 0.4) is 0 Å². The number of esters is 1. The van der Waals surface area contributed by atoms with Crippen molar-refractivity contribution in [1.29, 1.82) is 0 Å². The molecule has 0 bridgehead atoms. The summed E-state index contributed by atoms with van der Waals surface area (Å²) < 4.78 is 21.5. The zero-order valence-corrected chi connectivity index (χ0v) is 18.8. The van der Waals surface area contributed by atoms with E-state index in [0.717, 1.165) is 18.4 Å². The number of piperidine rings is 1. The van der Waals surface area contributed by atoms with E-state index in [1.54, 1.807) is 37.4 Å². The number of carbonyl (C=O) groups is 1. The summed E-state index contributed by atoms with van der Waals surface area (Å²) in [4.78, 5) is 12.6. The molecule has 0 saturated carbocycles. The third kappa shape index (κ3) is 5.29. The maximum Gasteiger partial charge on any atom is 0.343 e. The number of hydrogen-bond acceptors (Lipinski definition) is 7. The van der Waals surface area contributed by atoms with Crippen molar-refractivity contribution in [3.8, 4) is 23.0 Å². The van der Waals surface area contributed by atoms with Gasteiger partial charge in [0.15, 0.2) is 23.0 Å². The quantitative estimate of drug-likeness (QED) is 0.368. The first-order valence-electron chi connectivity index (χ1n) is 10.4. The number of hydrazone groups is 1. The lowest BCUT2D eigenvalue weighted by Crippen LogP contribution is -2.39. The van der Waals surface area contributed by atoms with E-state index in [4.69, 9.17) is 18.9 Å². The molecular weight excluding hydrogens is 396 g/mol. The molecule has 7 nitrogen and oxygen atoms in total. The van der Waals surface area contributed by atoms with Crippen LogP contribution < -0.4 is 18.9 Å². The van der Waals surface area contributed by atoms with Gasteiger partial charge in [0.1, 0.15) is 0 Å². The zero-order chi connectivity index (χ0) is 22.4. The molecule has 1 heterocycles. The second kappa shape index (κ2) is 10.2. The Morgan fingerprint density at radius 2 is 1.52 bits per heavy atom. The number of ether oxygens (including phenoxy) is 4. The fraction of sp³-hybridized carbons (Fsp3) is 0.417. The number of carbonyl (C=O) groups excluding carboxylic acids is 1. The average molecular weight is 427 g/mol. The van der Waals surface area contributed by atoms with Gasteiger partial charge in [-0.25, -0.2) is 4.79 Å². The van der Waals surface area contributed by atoms with Gasteiger partial charge in [-0.2, -0.15) is 5.10 Å². The summed E-state index contributed by atoms with van der Waals surface area (Å²) >= 11 is 0. The van der Waals surface area contributed by atoms with Crippen LogP contribution in [0.25, 0.3) is 0 Å². The van der Waals surface area contributed by atoms with Crippen molar-refractivity contribution in [1.82, 2.24) is 5.01 Å². The van der Waals surface area contributed by atoms with E-state index in [1.165, 1.54) is 20.6 Å². The molecule has 0 spiro atoms. The molecule has 0 amide bonds. The Labute approximate surface area is 183 Å². The second-order valence-corrected chi connectivity index (χ2v) is 7.62. The smallest absolute Gasteiger partial charge is 0.343 e. The van der Waals surface area contributed by atoms with Crippen LogP contribution in [0, 0.1) is 0 Å². The molecule has 0 unspecified atom stereocenters. The van der Waals surface area contributed by atoms with Crippen molar-refractivity contribution in [2.24, 2.45) is 5.10 Å². The first kappa shape index (κ1) is 22.5. The van der Waals surface area contributed by atoms with Crippen LogP contribution in [-0.4, -0.2) is 50.6 Å². The van der Waals surface area contributed by atoms with E-state index < -0.39 is 5.97 Å². The Hall–Kier alpha value is -3.22. The first-order chi connectivity index (χ1) is 15.0. The molecule has 0 radical (unpaired) electrons. The highest BCUT2D eigenvalue weighted by molar-refractivity contribution is 5.92. The molecule has 2 aromatic rings. The number of rotatable bonds is 7. The third-order valence-electron chi connectivity index (χ3n) is 5.50. The van der Waals surface area contributed by atoms with Crippen molar-refractivity contribution in [3.05, 3.63) is 47.5 Å². The summed E-state index contributed by atoms with van der Waals surface area (Å²) in [5, 5.41) is 6.84. The van der Waals surface area contributed by atoms with Gasteiger partial charge in [-0.15, -0.1) is 0 Å². The largest absolute Gasteiger partial charge is 0.493 e. The molecule has 31 heavy (non-hydrogen) atoms. The van der Waals surface area contributed by atoms with Crippen LogP contribution in [-0.2, 0) is 0 Å². The standard InChI is InChI=1S/C24H30N2O5/c1-16-7-6-8-17(2)26(16)25-15-18-9-11-21(22(13-18)29-4)31-24(27)19-10-12-20(28-3)23(14-19)30-5/h9-17H,6-8H2,1-5H3/b25-15-/t16-,17-/m1/s1. The highest BCUT2D eigenvalue weighted by Crippen LogP contribution is 2.31. The monoisotopic (exact) mass is 426 g/mol. The summed E-state index contributed by atoms with van der Waals surface area (Å²) in [6, 6.07) is 11.1. The van der Waals surface area contributed by atoms with Crippen LogP contribution in [0.15, 0.2) is 41.5 Å². The summed E-state index contributed by atoms with van der Waals surface area (Å²) in [5.74, 6) is 1.27. The maximum absolute atomic E-state index is 12.6. The van der Waals surface area contributed by atoms with E-state index in [0.29, 0.717) is 40.6 Å². The molecular formula is C24H30N2O5. The van der Waals surface area contributed by atoms with Gasteiger partial charge in [0.2, 0.25) is 0 Å². The molecule has 3 rings (SSSR count). The lowest BCUT2D eigenvalue weighted by atomic mass is 10.00. The van der Waals surface area contributed by atoms with Crippen molar-refractivity contribution in [2.45, 2.75) is 45.2 Å². The molecule has 1 aliphatic heterocycles. The maximum atomic E-state index is 12.6. The first-order valence-corrected chi connectivity index (χ1v) is 10.4. The summed E-state index contributed by atoms with van der Waals surface area (Å²) in [7, 11) is 4.60. The minimum Gasteiger partial charge on any atom is -0.493 e. The Bertz CT molecular complexity index is 934. The van der Waals surface area contributed by atoms with Crippen LogP contribution in [0.5, 0.6) is 23.0 Å². The van der Waals surface area contributed by atoms with Crippen LogP contribution in [0.2, 0.25) is 0 Å². The second-order valence-electron chi connectivity index (χ2n) is 7.62. The van der Waals surface area contributed by atoms with Gasteiger partial charge in [0, 0.05) is 12.1 Å². The SMILES string of the molecule is COc1ccc(C(=O)Oc2ccc(/C=N\N3[C@H](C)CCC[C@H]3C)cc2OC)cc1OC. The predicted octanol–water partition coefficient (Wildman–Crippen LogP) is 4.53. The molecule has 0 aliphatic carbocycles. The Morgan fingerprint density at radius 3 is 2.16 bits per heavy atom. The molecule has 166 valence electrons. The fourth-order valence-corrected chi connectivity index (χ4v) is 3.74. The topological polar surface area (TPSA) is 69.6 Å². The molecule has 1 fully saturated rings. The van der Waals surface area contributed by atoms with E-state index in [9.17, 15) is 4.79 Å². The Balaban J connectivity index is 1.75. The molecule has 0 N–H and O–H groups in total. The number of nitrogens with zero attached hydrogens (tertiary/aromatic N) is 2. The molecule has 1 aliphatic rings. The van der Waals surface area contributed by atoms with E-state index in [-0.39, 0.29) is 0 Å². The lowest BCUT2D eigenvalue weighted by molar-refractivity contribution is 0.0729. The van der Waals surface area contributed by atoms with E-state index in [1.807, 2.05) is 12.3 Å². The molecule has 7 heteroatoms. The molecule has 2 atom stereocenters. The number of benzene rings is 2. The fourth-order valence-electron chi connectivity index (χ4n) is 3.74. The highest BCUT2D eigenvalue weighted by atomic mass is 16.6. The Morgan fingerprint density at radius 1 is 0.903 bits per heavy atom. The highest BCUT2D eigenvalue weighted by Gasteiger charge is 2.22. The number of hydrogen-bond donors (Lipinski definition) is 0. The summed E-state index contributed by atoms with van der Waals surface area (Å²) in [6.45, 7) is 4.40. The molecule has 0 aromatic heterocycles. The average Bonchev–Trinajstić information content (AvgIpc) is 2.78. The number of methoxy groups -OCH3 is 3. The minimum absolute atomic E-state index is 0.333. The predicted molar refractivity (Wildman–Crippen MR) is 120 cm³/mol. The van der Waals surface area contributed by atoms with Gasteiger partial charge < -0.3 is 18.9 Å². The normalized spacial score (nSPS) is 18.7. The Kier molecular flexibility index (Phi) is 7.39. The van der Waals surface area contributed by atoms with Gasteiger partial charge in [0.05, 0.1) is 33.1 Å². The van der Waals surface area contributed by atoms with Crippen LogP contribution in [0.4, 0.5) is 0 Å². The van der Waals surface area contributed by atoms with Gasteiger partial charge in [-0.1, -0.05) is 0 Å². The molecule has 1 saturated heterocycles. The zero-order valence-electron chi connectivity index (χ0n) is 18.8. The van der Waals surface area contributed by atoms with Gasteiger partial charge >= 0.3 is 5.97 Å². The van der Waals surface area contributed by atoms with Gasteiger partial charge in [-0.05, 0) is 75.1 Å². The van der Waals surface area contributed by atoms with Crippen LogP contribution >= 0.6 is 0 Å². The van der Waals surface area contributed by atoms with E-state index in [2.05, 4.69) is 24.0 Å². The van der Waals surface area contributed by atoms with Crippen molar-refractivity contribution < 1.29 is 23.7 Å². The lowest BCUT2D eigenvalue weighted by Gasteiger charge is -2.36. The summed E-state index contributed by atoms with van der Waals surface area (Å²) in [5.41, 5.74) is 1.21.